The van der Waals surface area contributed by atoms with E-state index >= 15 is 0 Å². The van der Waals surface area contributed by atoms with Crippen LogP contribution in [0.15, 0.2) is 47.7 Å². The number of halogens is 1. The van der Waals surface area contributed by atoms with Crippen molar-refractivity contribution in [3.63, 3.8) is 0 Å². The van der Waals surface area contributed by atoms with E-state index in [0.29, 0.717) is 30.9 Å². The number of aromatic nitrogens is 1. The smallest absolute Gasteiger partial charge is 0.191 e. The number of nitrogens with zero attached hydrogens (tertiary/aromatic N) is 2. The third-order valence-electron chi connectivity index (χ3n) is 5.88. The summed E-state index contributed by atoms with van der Waals surface area (Å²) in [7, 11) is 0. The van der Waals surface area contributed by atoms with Gasteiger partial charge < -0.3 is 20.1 Å². The molecular formula is C26H39IN4O2. The Kier molecular flexibility index (Phi) is 11.9. The third kappa shape index (κ3) is 8.77. The number of aryl methyl sites for hydroxylation is 1. The molecule has 3 rings (SSSR count). The summed E-state index contributed by atoms with van der Waals surface area (Å²) in [6.07, 6.45) is 4.85. The van der Waals surface area contributed by atoms with Gasteiger partial charge in [0.2, 0.25) is 0 Å². The average Bonchev–Trinajstić information content (AvgIpc) is 3.31. The monoisotopic (exact) mass is 566 g/mol. The summed E-state index contributed by atoms with van der Waals surface area (Å²) in [5.74, 6) is 3.07. The van der Waals surface area contributed by atoms with E-state index in [4.69, 9.17) is 14.5 Å². The van der Waals surface area contributed by atoms with Crippen molar-refractivity contribution in [1.29, 1.82) is 0 Å². The van der Waals surface area contributed by atoms with Crippen molar-refractivity contribution in [2.24, 2.45) is 16.8 Å². The molecule has 0 bridgehead atoms. The number of nitrogens with one attached hydrogen (secondary N) is 2. The zero-order valence-electron chi connectivity index (χ0n) is 20.3. The Balaban J connectivity index is 0.00000385. The second kappa shape index (κ2) is 14.4. The number of hydrogen-bond donors (Lipinski definition) is 2. The van der Waals surface area contributed by atoms with Crippen molar-refractivity contribution in [2.75, 3.05) is 32.9 Å². The summed E-state index contributed by atoms with van der Waals surface area (Å²) in [5, 5.41) is 6.90. The van der Waals surface area contributed by atoms with Crippen LogP contribution in [0.1, 0.15) is 49.8 Å². The van der Waals surface area contributed by atoms with Gasteiger partial charge in [0, 0.05) is 49.5 Å². The zero-order valence-corrected chi connectivity index (χ0v) is 22.7. The highest BCUT2D eigenvalue weighted by Gasteiger charge is 2.18. The Morgan fingerprint density at radius 3 is 2.79 bits per heavy atom. The van der Waals surface area contributed by atoms with Crippen molar-refractivity contribution in [1.82, 2.24) is 15.6 Å². The van der Waals surface area contributed by atoms with Gasteiger partial charge in [-0.25, -0.2) is 4.99 Å². The quantitative estimate of drug-likeness (QED) is 0.243. The predicted octanol–water partition coefficient (Wildman–Crippen LogP) is 4.92. The molecule has 33 heavy (non-hydrogen) atoms. The SMILES string of the molecule is CCNC(=NCc1ccc(C)cc1OCC1CCOC1)NCC(c1cccnc1)C(C)C.I. The molecule has 0 radical (unpaired) electrons. The van der Waals surface area contributed by atoms with E-state index in [2.05, 4.69) is 67.6 Å². The molecule has 0 amide bonds. The van der Waals surface area contributed by atoms with Gasteiger partial charge >= 0.3 is 0 Å². The molecule has 1 aliphatic heterocycles. The molecule has 1 saturated heterocycles. The fraction of sp³-hybridized carbons (Fsp3) is 0.538. The van der Waals surface area contributed by atoms with E-state index in [1.54, 1.807) is 0 Å². The molecule has 0 saturated carbocycles. The number of pyridine rings is 1. The molecule has 0 aliphatic carbocycles. The first-order chi connectivity index (χ1) is 15.6. The van der Waals surface area contributed by atoms with Gasteiger partial charge in [0.25, 0.3) is 0 Å². The average molecular weight is 567 g/mol. The van der Waals surface area contributed by atoms with Crippen LogP contribution in [0.3, 0.4) is 0 Å². The minimum atomic E-state index is 0. The second-order valence-electron chi connectivity index (χ2n) is 8.86. The van der Waals surface area contributed by atoms with Crippen LogP contribution in [-0.4, -0.2) is 43.9 Å². The minimum Gasteiger partial charge on any atom is -0.493 e. The van der Waals surface area contributed by atoms with E-state index in [1.807, 2.05) is 18.5 Å². The van der Waals surface area contributed by atoms with E-state index in [1.165, 1.54) is 11.1 Å². The van der Waals surface area contributed by atoms with Crippen molar-refractivity contribution in [3.05, 3.63) is 59.4 Å². The molecule has 2 unspecified atom stereocenters. The van der Waals surface area contributed by atoms with Gasteiger partial charge in [-0.1, -0.05) is 32.0 Å². The number of aliphatic imine (C=N–C) groups is 1. The predicted molar refractivity (Wildman–Crippen MR) is 146 cm³/mol. The largest absolute Gasteiger partial charge is 0.493 e. The van der Waals surface area contributed by atoms with Crippen LogP contribution in [0, 0.1) is 18.8 Å². The summed E-state index contributed by atoms with van der Waals surface area (Å²) in [5.41, 5.74) is 3.53. The van der Waals surface area contributed by atoms with E-state index in [0.717, 1.165) is 50.0 Å². The Bertz CT molecular complexity index is 855. The molecule has 2 N–H and O–H groups in total. The highest BCUT2D eigenvalue weighted by Crippen LogP contribution is 2.24. The lowest BCUT2D eigenvalue weighted by Crippen LogP contribution is -2.40. The fourth-order valence-corrected chi connectivity index (χ4v) is 3.90. The van der Waals surface area contributed by atoms with Crippen LogP contribution in [0.25, 0.3) is 0 Å². The molecule has 182 valence electrons. The van der Waals surface area contributed by atoms with E-state index in [-0.39, 0.29) is 24.0 Å². The normalized spacial score (nSPS) is 16.9. The summed E-state index contributed by atoms with van der Waals surface area (Å²) in [6, 6.07) is 10.5. The summed E-state index contributed by atoms with van der Waals surface area (Å²) in [4.78, 5) is 9.15. The summed E-state index contributed by atoms with van der Waals surface area (Å²) < 4.78 is 11.7. The molecule has 7 heteroatoms. The highest BCUT2D eigenvalue weighted by atomic mass is 127. The first-order valence-corrected chi connectivity index (χ1v) is 11.8. The van der Waals surface area contributed by atoms with Gasteiger partial charge in [-0.15, -0.1) is 24.0 Å². The van der Waals surface area contributed by atoms with Crippen LogP contribution in [0.2, 0.25) is 0 Å². The maximum atomic E-state index is 6.18. The fourth-order valence-electron chi connectivity index (χ4n) is 3.90. The highest BCUT2D eigenvalue weighted by molar-refractivity contribution is 14.0. The van der Waals surface area contributed by atoms with Crippen molar-refractivity contribution in [3.8, 4) is 5.75 Å². The number of rotatable bonds is 10. The lowest BCUT2D eigenvalue weighted by Gasteiger charge is -2.23. The number of benzene rings is 1. The number of ether oxygens (including phenoxy) is 2. The van der Waals surface area contributed by atoms with Gasteiger partial charge in [0.1, 0.15) is 5.75 Å². The van der Waals surface area contributed by atoms with Gasteiger partial charge in [-0.3, -0.25) is 4.98 Å². The first-order valence-electron chi connectivity index (χ1n) is 11.8. The van der Waals surface area contributed by atoms with Crippen LogP contribution < -0.4 is 15.4 Å². The molecule has 1 aromatic carbocycles. The molecule has 6 nitrogen and oxygen atoms in total. The van der Waals surface area contributed by atoms with E-state index in [9.17, 15) is 0 Å². The Morgan fingerprint density at radius 1 is 1.27 bits per heavy atom. The molecule has 2 aromatic rings. The van der Waals surface area contributed by atoms with Gasteiger partial charge in [0.15, 0.2) is 5.96 Å². The molecule has 0 spiro atoms. The molecule has 2 heterocycles. The maximum absolute atomic E-state index is 6.18. The Hall–Kier alpha value is -1.87. The standard InChI is InChI=1S/C26H38N4O2.HI/c1-5-28-26(30-16-24(19(2)3)22-7-6-11-27-14-22)29-15-23-9-8-20(4)13-25(23)32-18-21-10-12-31-17-21;/h6-9,11,13-14,19,21,24H,5,10,12,15-18H2,1-4H3,(H2,28,29,30);1H. The van der Waals surface area contributed by atoms with Crippen molar-refractivity contribution < 1.29 is 9.47 Å². The Morgan fingerprint density at radius 2 is 2.12 bits per heavy atom. The molecule has 1 aromatic heterocycles. The van der Waals surface area contributed by atoms with Gasteiger partial charge in [-0.05, 0) is 49.4 Å². The maximum Gasteiger partial charge on any atom is 0.191 e. The lowest BCUT2D eigenvalue weighted by molar-refractivity contribution is 0.166. The van der Waals surface area contributed by atoms with Crippen molar-refractivity contribution in [2.45, 2.75) is 46.6 Å². The van der Waals surface area contributed by atoms with Crippen LogP contribution in [0.4, 0.5) is 0 Å². The van der Waals surface area contributed by atoms with Crippen LogP contribution in [0.5, 0.6) is 5.75 Å². The topological polar surface area (TPSA) is 67.8 Å². The zero-order chi connectivity index (χ0) is 22.8. The molecule has 2 atom stereocenters. The molecule has 1 fully saturated rings. The molecule has 1 aliphatic rings. The van der Waals surface area contributed by atoms with Crippen molar-refractivity contribution >= 4 is 29.9 Å². The number of guanidine groups is 1. The third-order valence-corrected chi connectivity index (χ3v) is 5.88. The Labute approximate surface area is 216 Å². The van der Waals surface area contributed by atoms with Crippen LogP contribution in [-0.2, 0) is 11.3 Å². The number of hydrogen-bond acceptors (Lipinski definition) is 4. The first kappa shape index (κ1) is 27.4. The van der Waals surface area contributed by atoms with Crippen LogP contribution >= 0.6 is 24.0 Å². The lowest BCUT2D eigenvalue weighted by atomic mass is 9.89. The summed E-state index contributed by atoms with van der Waals surface area (Å²) >= 11 is 0. The minimum absolute atomic E-state index is 0. The summed E-state index contributed by atoms with van der Waals surface area (Å²) in [6.45, 7) is 13.2. The molecular weight excluding hydrogens is 527 g/mol. The van der Waals surface area contributed by atoms with Gasteiger partial charge in [0.05, 0.1) is 19.8 Å². The second-order valence-corrected chi connectivity index (χ2v) is 8.86. The van der Waals surface area contributed by atoms with E-state index < -0.39 is 0 Å². The van der Waals surface area contributed by atoms with Gasteiger partial charge in [-0.2, -0.15) is 0 Å².